The van der Waals surface area contributed by atoms with E-state index in [9.17, 15) is 4.79 Å². The molecule has 6 rings (SSSR count). The van der Waals surface area contributed by atoms with Crippen LogP contribution in [0, 0.1) is 5.92 Å². The van der Waals surface area contributed by atoms with Crippen molar-refractivity contribution in [2.75, 3.05) is 25.1 Å². The Balaban J connectivity index is 1.42. The van der Waals surface area contributed by atoms with Gasteiger partial charge in [-0.3, -0.25) is 9.48 Å². The molecule has 7 nitrogen and oxygen atoms in total. The third-order valence-corrected chi connectivity index (χ3v) is 7.79. The molecule has 1 amide bonds. The quantitative estimate of drug-likeness (QED) is 0.509. The molecule has 3 heterocycles. The van der Waals surface area contributed by atoms with Crippen LogP contribution in [0.1, 0.15) is 50.6 Å². The molecule has 1 aromatic heterocycles. The van der Waals surface area contributed by atoms with Crippen LogP contribution in [0.5, 0.6) is 17.2 Å². The topological polar surface area (TPSA) is 68.6 Å². The lowest BCUT2D eigenvalue weighted by atomic mass is 9.92. The second-order valence-electron chi connectivity index (χ2n) is 10.3. The Kier molecular flexibility index (Phi) is 6.17. The van der Waals surface area contributed by atoms with E-state index in [1.54, 1.807) is 7.11 Å². The van der Waals surface area contributed by atoms with Crippen molar-refractivity contribution < 1.29 is 14.3 Å². The highest BCUT2D eigenvalue weighted by Crippen LogP contribution is 2.46. The first-order chi connectivity index (χ1) is 17.6. The molecule has 1 saturated carbocycles. The summed E-state index contributed by atoms with van der Waals surface area (Å²) in [6.45, 7) is 4.20. The summed E-state index contributed by atoms with van der Waals surface area (Å²) in [5.74, 6) is 2.78. The largest absolute Gasteiger partial charge is 0.497 e. The molecule has 2 aromatic carbocycles. The van der Waals surface area contributed by atoms with E-state index >= 15 is 0 Å². The summed E-state index contributed by atoms with van der Waals surface area (Å²) in [6.07, 6.45) is 10.0. The lowest BCUT2D eigenvalue weighted by molar-refractivity contribution is -0.120. The van der Waals surface area contributed by atoms with Gasteiger partial charge in [0.25, 0.3) is 0 Å². The van der Waals surface area contributed by atoms with Gasteiger partial charge in [0.1, 0.15) is 17.2 Å². The maximum atomic E-state index is 13.3. The van der Waals surface area contributed by atoms with Crippen molar-refractivity contribution in [3.63, 3.8) is 0 Å². The standard InChI is InChI=1S/C29H34N4O3/c1-19-3-10-26-27(33(19)29(34)20-4-5-20)12-11-25(28(26)36-24-8-6-23(35-2)7-9-24)21-17-31-32(18-21)22-13-15-30-16-14-22/h6-9,11-12,17-20,22,30H,3-5,10,13-16H2,1-2H3. The first-order valence-electron chi connectivity index (χ1n) is 13.2. The molecule has 0 bridgehead atoms. The van der Waals surface area contributed by atoms with Gasteiger partial charge in [-0.25, -0.2) is 0 Å². The van der Waals surface area contributed by atoms with Crippen LogP contribution in [0.3, 0.4) is 0 Å². The zero-order valence-electron chi connectivity index (χ0n) is 21.1. The summed E-state index contributed by atoms with van der Waals surface area (Å²) in [6, 6.07) is 12.5. The number of aromatic nitrogens is 2. The van der Waals surface area contributed by atoms with Crippen LogP contribution in [0.2, 0.25) is 0 Å². The summed E-state index contributed by atoms with van der Waals surface area (Å²) in [5, 5.41) is 8.17. The van der Waals surface area contributed by atoms with E-state index in [0.717, 1.165) is 91.2 Å². The number of rotatable bonds is 6. The van der Waals surface area contributed by atoms with Crippen molar-refractivity contribution in [1.82, 2.24) is 15.1 Å². The van der Waals surface area contributed by atoms with Crippen LogP contribution >= 0.6 is 0 Å². The molecule has 36 heavy (non-hydrogen) atoms. The Morgan fingerprint density at radius 2 is 1.75 bits per heavy atom. The second-order valence-corrected chi connectivity index (χ2v) is 10.3. The second kappa shape index (κ2) is 9.62. The number of nitrogens with zero attached hydrogens (tertiary/aromatic N) is 3. The molecular formula is C29H34N4O3. The average molecular weight is 487 g/mol. The molecule has 188 valence electrons. The minimum Gasteiger partial charge on any atom is -0.497 e. The fraction of sp³-hybridized carbons (Fsp3) is 0.448. The predicted molar refractivity (Wildman–Crippen MR) is 140 cm³/mol. The Hall–Kier alpha value is -3.32. The molecule has 0 radical (unpaired) electrons. The highest BCUT2D eigenvalue weighted by molar-refractivity contribution is 5.99. The number of nitrogens with one attached hydrogen (secondary N) is 1. The monoisotopic (exact) mass is 486 g/mol. The summed E-state index contributed by atoms with van der Waals surface area (Å²) in [7, 11) is 1.66. The molecule has 1 unspecified atom stereocenters. The molecule has 1 aliphatic carbocycles. The van der Waals surface area contributed by atoms with E-state index in [1.165, 1.54) is 0 Å². The number of benzene rings is 2. The van der Waals surface area contributed by atoms with Gasteiger partial charge in [-0.2, -0.15) is 5.10 Å². The summed E-state index contributed by atoms with van der Waals surface area (Å²) >= 11 is 0. The van der Waals surface area contributed by atoms with Crippen LogP contribution in [-0.2, 0) is 11.2 Å². The van der Waals surface area contributed by atoms with E-state index in [4.69, 9.17) is 14.6 Å². The fourth-order valence-electron chi connectivity index (χ4n) is 5.52. The number of fused-ring (bicyclic) bond motifs is 1. The number of anilines is 1. The Bertz CT molecular complexity index is 1240. The molecule has 1 N–H and O–H groups in total. The summed E-state index contributed by atoms with van der Waals surface area (Å²) in [5.41, 5.74) is 4.14. The number of ether oxygens (including phenoxy) is 2. The maximum absolute atomic E-state index is 13.3. The highest BCUT2D eigenvalue weighted by Gasteiger charge is 2.39. The van der Waals surface area contributed by atoms with Gasteiger partial charge in [0, 0.05) is 34.8 Å². The van der Waals surface area contributed by atoms with E-state index in [2.05, 4.69) is 35.3 Å². The van der Waals surface area contributed by atoms with E-state index in [-0.39, 0.29) is 17.9 Å². The maximum Gasteiger partial charge on any atom is 0.230 e. The van der Waals surface area contributed by atoms with Crippen molar-refractivity contribution in [3.05, 3.63) is 54.4 Å². The van der Waals surface area contributed by atoms with Crippen LogP contribution < -0.4 is 19.7 Å². The van der Waals surface area contributed by atoms with Gasteiger partial charge in [0.2, 0.25) is 5.91 Å². The smallest absolute Gasteiger partial charge is 0.230 e. The van der Waals surface area contributed by atoms with Gasteiger partial charge in [-0.15, -0.1) is 0 Å². The summed E-state index contributed by atoms with van der Waals surface area (Å²) < 4.78 is 14.1. The average Bonchev–Trinajstić information content (AvgIpc) is 3.66. The Labute approximate surface area is 212 Å². The van der Waals surface area contributed by atoms with Crippen molar-refractivity contribution in [2.24, 2.45) is 5.92 Å². The van der Waals surface area contributed by atoms with E-state index in [1.807, 2.05) is 35.4 Å². The molecule has 1 saturated heterocycles. The van der Waals surface area contributed by atoms with Crippen molar-refractivity contribution in [3.8, 4) is 28.4 Å². The van der Waals surface area contributed by atoms with E-state index in [0.29, 0.717) is 6.04 Å². The lowest BCUT2D eigenvalue weighted by Crippen LogP contribution is -2.43. The molecule has 2 aliphatic heterocycles. The zero-order valence-corrected chi connectivity index (χ0v) is 21.1. The molecular weight excluding hydrogens is 452 g/mol. The molecule has 0 spiro atoms. The lowest BCUT2D eigenvalue weighted by Gasteiger charge is -2.36. The Morgan fingerprint density at radius 1 is 1.00 bits per heavy atom. The SMILES string of the molecule is COc1ccc(Oc2c(-c3cnn(C4CCNCC4)c3)ccc3c2CCC(C)N3C(=O)C2CC2)cc1. The number of hydrogen-bond acceptors (Lipinski definition) is 5. The van der Waals surface area contributed by atoms with Gasteiger partial charge in [0.05, 0.1) is 25.0 Å². The van der Waals surface area contributed by atoms with Gasteiger partial charge in [0.15, 0.2) is 0 Å². The zero-order chi connectivity index (χ0) is 24.6. The normalized spacial score (nSPS) is 20.2. The molecule has 1 atom stereocenters. The van der Waals surface area contributed by atoms with Gasteiger partial charge in [-0.05, 0) is 94.9 Å². The number of methoxy groups -OCH3 is 1. The van der Waals surface area contributed by atoms with Crippen LogP contribution in [0.25, 0.3) is 11.1 Å². The molecule has 3 aromatic rings. The first kappa shape index (κ1) is 23.1. The molecule has 7 heteroatoms. The fourth-order valence-corrected chi connectivity index (χ4v) is 5.52. The van der Waals surface area contributed by atoms with Crippen LogP contribution in [0.15, 0.2) is 48.8 Å². The Morgan fingerprint density at radius 3 is 2.47 bits per heavy atom. The minimum atomic E-state index is 0.173. The first-order valence-corrected chi connectivity index (χ1v) is 13.2. The van der Waals surface area contributed by atoms with Crippen molar-refractivity contribution >= 4 is 11.6 Å². The third-order valence-electron chi connectivity index (χ3n) is 7.79. The highest BCUT2D eigenvalue weighted by atomic mass is 16.5. The van der Waals surface area contributed by atoms with Gasteiger partial charge in [-0.1, -0.05) is 0 Å². The molecule has 3 aliphatic rings. The van der Waals surface area contributed by atoms with Gasteiger partial charge >= 0.3 is 0 Å². The van der Waals surface area contributed by atoms with Gasteiger partial charge < -0.3 is 19.7 Å². The minimum absolute atomic E-state index is 0.173. The van der Waals surface area contributed by atoms with Crippen LogP contribution in [0.4, 0.5) is 5.69 Å². The van der Waals surface area contributed by atoms with Crippen molar-refractivity contribution in [2.45, 2.75) is 57.5 Å². The third kappa shape index (κ3) is 4.37. The number of amides is 1. The van der Waals surface area contributed by atoms with Crippen molar-refractivity contribution in [1.29, 1.82) is 0 Å². The van der Waals surface area contributed by atoms with E-state index < -0.39 is 0 Å². The number of hydrogen-bond donors (Lipinski definition) is 1. The predicted octanol–water partition coefficient (Wildman–Crippen LogP) is 5.35. The summed E-state index contributed by atoms with van der Waals surface area (Å²) in [4.78, 5) is 15.3. The number of carbonyl (C=O) groups excluding carboxylic acids is 1. The number of carbonyl (C=O) groups is 1. The number of piperidine rings is 1. The van der Waals surface area contributed by atoms with Crippen LogP contribution in [-0.4, -0.2) is 41.9 Å². The molecule has 2 fully saturated rings.